The highest BCUT2D eigenvalue weighted by Gasteiger charge is 2.14. The van der Waals surface area contributed by atoms with E-state index >= 15 is 0 Å². The molecule has 6 nitrogen and oxygen atoms in total. The van der Waals surface area contributed by atoms with Crippen LogP contribution in [0.4, 0.5) is 0 Å². The van der Waals surface area contributed by atoms with Gasteiger partial charge >= 0.3 is 5.97 Å². The maximum atomic E-state index is 11.1. The third-order valence-corrected chi connectivity index (χ3v) is 2.73. The molecule has 3 rings (SSSR count). The number of ether oxygens (including phenoxy) is 1. The number of pyridine rings is 1. The summed E-state index contributed by atoms with van der Waals surface area (Å²) < 4.78 is 5.59. The van der Waals surface area contributed by atoms with Crippen molar-refractivity contribution in [1.29, 1.82) is 0 Å². The van der Waals surface area contributed by atoms with Gasteiger partial charge in [-0.15, -0.1) is 5.10 Å². The normalized spacial score (nSPS) is 10.4. The van der Waals surface area contributed by atoms with Gasteiger partial charge in [-0.2, -0.15) is 5.10 Å². The molecule has 0 aliphatic carbocycles. The summed E-state index contributed by atoms with van der Waals surface area (Å²) in [4.78, 5) is 15.3. The summed E-state index contributed by atoms with van der Waals surface area (Å²) in [5.41, 5.74) is 0.714. The Morgan fingerprint density at radius 1 is 1.10 bits per heavy atom. The van der Waals surface area contributed by atoms with E-state index in [0.717, 1.165) is 10.9 Å². The van der Waals surface area contributed by atoms with E-state index in [1.165, 1.54) is 12.3 Å². The molecule has 0 spiro atoms. The number of carboxylic acids is 1. The number of benzene rings is 1. The molecule has 1 N–H and O–H groups in total. The molecule has 0 bridgehead atoms. The fourth-order valence-corrected chi connectivity index (χ4v) is 1.83. The van der Waals surface area contributed by atoms with Crippen LogP contribution in [0.25, 0.3) is 10.9 Å². The molecular weight excluding hydrogens is 258 g/mol. The van der Waals surface area contributed by atoms with E-state index in [0.29, 0.717) is 5.75 Å². The molecular formula is C14H9N3O3. The minimum absolute atomic E-state index is 0.0408. The molecule has 2 aromatic heterocycles. The molecule has 6 heteroatoms. The molecule has 98 valence electrons. The highest BCUT2D eigenvalue weighted by Crippen LogP contribution is 2.29. The standard InChI is InChI=1S/C14H9N3O3/c18-14(19)10-6-8-16-17-13(10)20-12-5-1-4-11-9(12)3-2-7-15-11/h1-8H,(H,18,19). The van der Waals surface area contributed by atoms with Gasteiger partial charge in [0.2, 0.25) is 0 Å². The van der Waals surface area contributed by atoms with Gasteiger partial charge in [-0.25, -0.2) is 4.79 Å². The van der Waals surface area contributed by atoms with E-state index in [2.05, 4.69) is 15.2 Å². The van der Waals surface area contributed by atoms with Gasteiger partial charge in [-0.05, 0) is 30.3 Å². The van der Waals surface area contributed by atoms with Crippen molar-refractivity contribution in [3.63, 3.8) is 0 Å². The Bertz CT molecular complexity index is 784. The highest BCUT2D eigenvalue weighted by atomic mass is 16.5. The monoisotopic (exact) mass is 267 g/mol. The van der Waals surface area contributed by atoms with Crippen LogP contribution in [0.2, 0.25) is 0 Å². The molecule has 0 unspecified atom stereocenters. The summed E-state index contributed by atoms with van der Waals surface area (Å²) in [6.07, 6.45) is 2.98. The molecule has 0 saturated heterocycles. The molecule has 1 aromatic carbocycles. The number of hydrogen-bond donors (Lipinski definition) is 1. The lowest BCUT2D eigenvalue weighted by Crippen LogP contribution is -2.03. The van der Waals surface area contributed by atoms with E-state index < -0.39 is 5.97 Å². The summed E-state index contributed by atoms with van der Waals surface area (Å²) in [5, 5.41) is 17.3. The molecule has 0 radical (unpaired) electrons. The van der Waals surface area contributed by atoms with Gasteiger partial charge in [-0.3, -0.25) is 4.98 Å². The van der Waals surface area contributed by atoms with Crippen molar-refractivity contribution < 1.29 is 14.6 Å². The van der Waals surface area contributed by atoms with Gasteiger partial charge in [0.25, 0.3) is 5.88 Å². The van der Waals surface area contributed by atoms with Crippen LogP contribution in [-0.2, 0) is 0 Å². The second-order valence-electron chi connectivity index (χ2n) is 3.98. The number of aromatic carboxylic acids is 1. The summed E-state index contributed by atoms with van der Waals surface area (Å²) in [6.45, 7) is 0. The Morgan fingerprint density at radius 2 is 2.00 bits per heavy atom. The van der Waals surface area contributed by atoms with Crippen molar-refractivity contribution >= 4 is 16.9 Å². The Hall–Kier alpha value is -3.02. The SMILES string of the molecule is O=C(O)c1ccnnc1Oc1cccc2ncccc12. The minimum atomic E-state index is -1.12. The molecule has 0 fully saturated rings. The van der Waals surface area contributed by atoms with E-state index in [1.807, 2.05) is 12.1 Å². The number of carboxylic acid groups (broad SMARTS) is 1. The van der Waals surface area contributed by atoms with Crippen LogP contribution in [0.15, 0.2) is 48.8 Å². The topological polar surface area (TPSA) is 85.2 Å². The van der Waals surface area contributed by atoms with E-state index in [4.69, 9.17) is 9.84 Å². The van der Waals surface area contributed by atoms with Gasteiger partial charge in [0, 0.05) is 11.6 Å². The summed E-state index contributed by atoms with van der Waals surface area (Å²) in [7, 11) is 0. The first-order valence-electron chi connectivity index (χ1n) is 5.82. The molecule has 3 aromatic rings. The molecule has 0 aliphatic rings. The first-order chi connectivity index (χ1) is 9.75. The maximum absolute atomic E-state index is 11.1. The minimum Gasteiger partial charge on any atom is -0.477 e. The predicted octanol–water partition coefficient (Wildman–Crippen LogP) is 2.52. The maximum Gasteiger partial charge on any atom is 0.341 e. The predicted molar refractivity (Wildman–Crippen MR) is 70.8 cm³/mol. The zero-order valence-corrected chi connectivity index (χ0v) is 10.2. The molecule has 0 saturated carbocycles. The van der Waals surface area contributed by atoms with Crippen molar-refractivity contribution in [1.82, 2.24) is 15.2 Å². The fourth-order valence-electron chi connectivity index (χ4n) is 1.83. The Labute approximate surface area is 113 Å². The average molecular weight is 267 g/mol. The van der Waals surface area contributed by atoms with Crippen molar-refractivity contribution in [2.75, 3.05) is 0 Å². The Balaban J connectivity index is 2.08. The quantitative estimate of drug-likeness (QED) is 0.784. The molecule has 0 amide bonds. The number of nitrogens with zero attached hydrogens (tertiary/aromatic N) is 3. The van der Waals surface area contributed by atoms with Crippen LogP contribution >= 0.6 is 0 Å². The lowest BCUT2D eigenvalue weighted by atomic mass is 10.2. The Morgan fingerprint density at radius 3 is 2.85 bits per heavy atom. The van der Waals surface area contributed by atoms with Crippen LogP contribution in [0.5, 0.6) is 11.6 Å². The van der Waals surface area contributed by atoms with Gasteiger partial charge in [0.15, 0.2) is 0 Å². The first kappa shape index (κ1) is 12.0. The van der Waals surface area contributed by atoms with Crippen molar-refractivity contribution in [2.24, 2.45) is 0 Å². The molecule has 0 aliphatic heterocycles. The molecule has 0 atom stereocenters. The lowest BCUT2D eigenvalue weighted by molar-refractivity contribution is 0.0693. The number of fused-ring (bicyclic) bond motifs is 1. The van der Waals surface area contributed by atoms with Gasteiger partial charge in [-0.1, -0.05) is 6.07 Å². The number of hydrogen-bond acceptors (Lipinski definition) is 5. The van der Waals surface area contributed by atoms with Crippen LogP contribution in [-0.4, -0.2) is 26.3 Å². The lowest BCUT2D eigenvalue weighted by Gasteiger charge is -2.08. The van der Waals surface area contributed by atoms with Crippen LogP contribution in [0, 0.1) is 0 Å². The summed E-state index contributed by atoms with van der Waals surface area (Å²) >= 11 is 0. The smallest absolute Gasteiger partial charge is 0.341 e. The van der Waals surface area contributed by atoms with Crippen molar-refractivity contribution in [2.45, 2.75) is 0 Å². The average Bonchev–Trinajstić information content (AvgIpc) is 2.48. The second-order valence-corrected chi connectivity index (χ2v) is 3.98. The summed E-state index contributed by atoms with van der Waals surface area (Å²) in [5.74, 6) is -0.678. The van der Waals surface area contributed by atoms with Crippen molar-refractivity contribution in [3.8, 4) is 11.6 Å². The summed E-state index contributed by atoms with van der Waals surface area (Å²) in [6, 6.07) is 10.3. The zero-order valence-electron chi connectivity index (χ0n) is 10.2. The van der Waals surface area contributed by atoms with E-state index in [9.17, 15) is 4.79 Å². The highest BCUT2D eigenvalue weighted by molar-refractivity contribution is 5.90. The third kappa shape index (κ3) is 2.14. The van der Waals surface area contributed by atoms with Crippen LogP contribution in [0.3, 0.4) is 0 Å². The number of aromatic nitrogens is 3. The van der Waals surface area contributed by atoms with Gasteiger partial charge < -0.3 is 9.84 Å². The van der Waals surface area contributed by atoms with Crippen LogP contribution < -0.4 is 4.74 Å². The van der Waals surface area contributed by atoms with E-state index in [-0.39, 0.29) is 11.4 Å². The van der Waals surface area contributed by atoms with Crippen LogP contribution in [0.1, 0.15) is 10.4 Å². The van der Waals surface area contributed by atoms with Gasteiger partial charge in [0.1, 0.15) is 11.3 Å². The number of carbonyl (C=O) groups is 1. The first-order valence-corrected chi connectivity index (χ1v) is 5.82. The third-order valence-electron chi connectivity index (χ3n) is 2.73. The molecule has 20 heavy (non-hydrogen) atoms. The Kier molecular flexibility index (Phi) is 2.96. The number of rotatable bonds is 3. The zero-order chi connectivity index (χ0) is 13.9. The van der Waals surface area contributed by atoms with Gasteiger partial charge in [0.05, 0.1) is 11.7 Å². The largest absolute Gasteiger partial charge is 0.477 e. The van der Waals surface area contributed by atoms with E-state index in [1.54, 1.807) is 24.4 Å². The fraction of sp³-hybridized carbons (Fsp3) is 0. The molecule has 2 heterocycles. The second kappa shape index (κ2) is 4.93. The van der Waals surface area contributed by atoms with Crippen molar-refractivity contribution in [3.05, 3.63) is 54.4 Å².